The fourth-order valence-corrected chi connectivity index (χ4v) is 2.52. The van der Waals surface area contributed by atoms with E-state index in [1.54, 1.807) is 18.2 Å². The second-order valence-corrected chi connectivity index (χ2v) is 5.57. The van der Waals surface area contributed by atoms with Gasteiger partial charge in [0.1, 0.15) is 0 Å². The summed E-state index contributed by atoms with van der Waals surface area (Å²) in [5.74, 6) is -1.02. The number of pyridine rings is 1. The largest absolute Gasteiger partial charge is 0.481 e. The van der Waals surface area contributed by atoms with Crippen molar-refractivity contribution in [3.05, 3.63) is 50.0 Å². The van der Waals surface area contributed by atoms with E-state index in [4.69, 9.17) is 51.5 Å². The molecule has 0 saturated carbocycles. The summed E-state index contributed by atoms with van der Waals surface area (Å²) in [6, 6.07) is 6.31. The average molecular weight is 351 g/mol. The smallest absolute Gasteiger partial charge is 0.309 e. The van der Waals surface area contributed by atoms with E-state index in [0.717, 1.165) is 0 Å². The second kappa shape index (κ2) is 6.19. The molecule has 0 aliphatic carbocycles. The van der Waals surface area contributed by atoms with Gasteiger partial charge >= 0.3 is 5.97 Å². The number of nitrogens with zero attached hydrogens (tertiary/aromatic N) is 1. The maximum atomic E-state index is 10.8. The molecule has 1 heterocycles. The van der Waals surface area contributed by atoms with Crippen LogP contribution in [0.4, 0.5) is 0 Å². The Labute approximate surface area is 135 Å². The van der Waals surface area contributed by atoms with E-state index in [9.17, 15) is 4.79 Å². The van der Waals surface area contributed by atoms with Gasteiger partial charge in [0, 0.05) is 10.6 Å². The zero-order chi connectivity index (χ0) is 14.9. The third-order valence-corrected chi connectivity index (χ3v) is 3.87. The first-order valence-corrected chi connectivity index (χ1v) is 6.92. The monoisotopic (exact) mass is 349 g/mol. The first-order chi connectivity index (χ1) is 9.38. The molecule has 0 aliphatic rings. The zero-order valence-electron chi connectivity index (χ0n) is 9.83. The topological polar surface area (TPSA) is 50.2 Å². The van der Waals surface area contributed by atoms with Gasteiger partial charge in [0.15, 0.2) is 0 Å². The number of aliphatic carboxylic acids is 1. The molecule has 2 rings (SSSR count). The Balaban J connectivity index is 2.56. The molecule has 3 nitrogen and oxygen atoms in total. The van der Waals surface area contributed by atoms with Crippen LogP contribution in [0.3, 0.4) is 0 Å². The molecule has 0 aliphatic heterocycles. The number of carboxylic acid groups (broad SMARTS) is 1. The van der Waals surface area contributed by atoms with Gasteiger partial charge < -0.3 is 5.11 Å². The first-order valence-electron chi connectivity index (χ1n) is 5.40. The molecule has 0 atom stereocenters. The van der Waals surface area contributed by atoms with Crippen molar-refractivity contribution >= 4 is 52.4 Å². The molecule has 0 spiro atoms. The Morgan fingerprint density at radius 2 is 1.80 bits per heavy atom. The number of carbonyl (C=O) groups is 1. The standard InChI is InChI=1S/C13H7Cl4NO2/c14-6-3-7(13(17)9(16)4-6)10-2-1-8(15)11(18-10)5-12(19)20/h1-4H,5H2,(H,19,20). The van der Waals surface area contributed by atoms with Crippen molar-refractivity contribution < 1.29 is 9.90 Å². The van der Waals surface area contributed by atoms with Gasteiger partial charge in [-0.3, -0.25) is 9.78 Å². The van der Waals surface area contributed by atoms with Gasteiger partial charge in [-0.15, -0.1) is 0 Å². The lowest BCUT2D eigenvalue weighted by molar-refractivity contribution is -0.136. The lowest BCUT2D eigenvalue weighted by Crippen LogP contribution is -2.04. The molecule has 0 saturated heterocycles. The summed E-state index contributed by atoms with van der Waals surface area (Å²) >= 11 is 23.9. The Morgan fingerprint density at radius 1 is 1.10 bits per heavy atom. The summed E-state index contributed by atoms with van der Waals surface area (Å²) in [6.45, 7) is 0. The number of aromatic nitrogens is 1. The van der Waals surface area contributed by atoms with Crippen molar-refractivity contribution in [3.63, 3.8) is 0 Å². The molecule has 0 fully saturated rings. The normalized spacial score (nSPS) is 10.6. The van der Waals surface area contributed by atoms with Crippen LogP contribution >= 0.6 is 46.4 Å². The molecule has 104 valence electrons. The van der Waals surface area contributed by atoms with Crippen LogP contribution in [0.15, 0.2) is 24.3 Å². The minimum absolute atomic E-state index is 0.254. The molecule has 1 aromatic heterocycles. The highest BCUT2D eigenvalue weighted by Crippen LogP contribution is 2.36. The average Bonchev–Trinajstić information content (AvgIpc) is 2.36. The van der Waals surface area contributed by atoms with Gasteiger partial charge in [0.25, 0.3) is 0 Å². The van der Waals surface area contributed by atoms with Gasteiger partial charge in [-0.05, 0) is 24.3 Å². The predicted octanol–water partition coefficient (Wildman–Crippen LogP) is 4.99. The third kappa shape index (κ3) is 3.36. The molecule has 0 amide bonds. The maximum absolute atomic E-state index is 10.8. The van der Waals surface area contributed by atoms with Crippen LogP contribution in [0.1, 0.15) is 5.69 Å². The van der Waals surface area contributed by atoms with Crippen LogP contribution in [-0.4, -0.2) is 16.1 Å². The van der Waals surface area contributed by atoms with Crippen LogP contribution in [0.25, 0.3) is 11.3 Å². The fourth-order valence-electron chi connectivity index (χ4n) is 1.64. The molecule has 20 heavy (non-hydrogen) atoms. The van der Waals surface area contributed by atoms with E-state index >= 15 is 0 Å². The summed E-state index contributed by atoms with van der Waals surface area (Å²) in [4.78, 5) is 15.0. The van der Waals surface area contributed by atoms with Gasteiger partial charge in [0.2, 0.25) is 0 Å². The summed E-state index contributed by atoms with van der Waals surface area (Å²) < 4.78 is 0. The first kappa shape index (κ1) is 15.4. The van der Waals surface area contributed by atoms with E-state index < -0.39 is 5.97 Å². The molecule has 0 bridgehead atoms. The van der Waals surface area contributed by atoms with Crippen LogP contribution in [0.2, 0.25) is 20.1 Å². The van der Waals surface area contributed by atoms with E-state index in [1.165, 1.54) is 6.07 Å². The Hall–Kier alpha value is -1.000. The zero-order valence-corrected chi connectivity index (χ0v) is 12.9. The Bertz CT molecular complexity index is 688. The van der Waals surface area contributed by atoms with Gasteiger partial charge in [-0.1, -0.05) is 46.4 Å². The number of hydrogen-bond donors (Lipinski definition) is 1. The number of rotatable bonds is 3. The number of halogens is 4. The second-order valence-electron chi connectivity index (χ2n) is 3.94. The van der Waals surface area contributed by atoms with Crippen LogP contribution in [0, 0.1) is 0 Å². The van der Waals surface area contributed by atoms with E-state index in [-0.39, 0.29) is 17.1 Å². The van der Waals surface area contributed by atoms with E-state index in [2.05, 4.69) is 4.98 Å². The Morgan fingerprint density at radius 3 is 2.45 bits per heavy atom. The van der Waals surface area contributed by atoms with Crippen molar-refractivity contribution in [2.75, 3.05) is 0 Å². The van der Waals surface area contributed by atoms with Crippen molar-refractivity contribution in [1.29, 1.82) is 0 Å². The fraction of sp³-hybridized carbons (Fsp3) is 0.0769. The summed E-state index contributed by atoms with van der Waals surface area (Å²) in [5.41, 5.74) is 1.23. The quantitative estimate of drug-likeness (QED) is 0.793. The summed E-state index contributed by atoms with van der Waals surface area (Å²) in [6.07, 6.45) is -0.279. The van der Waals surface area contributed by atoms with E-state index in [1.807, 2.05) is 0 Å². The van der Waals surface area contributed by atoms with Crippen LogP contribution < -0.4 is 0 Å². The molecule has 0 radical (unpaired) electrons. The SMILES string of the molecule is O=C(O)Cc1nc(-c2cc(Cl)cc(Cl)c2Cl)ccc1Cl. The van der Waals surface area contributed by atoms with E-state index in [0.29, 0.717) is 26.3 Å². The number of benzene rings is 1. The minimum atomic E-state index is -1.02. The Kier molecular flexibility index (Phi) is 4.76. The maximum Gasteiger partial charge on any atom is 0.309 e. The predicted molar refractivity (Wildman–Crippen MR) is 81.1 cm³/mol. The molecular weight excluding hydrogens is 344 g/mol. The summed E-state index contributed by atoms with van der Waals surface area (Å²) in [7, 11) is 0. The summed E-state index contributed by atoms with van der Waals surface area (Å²) in [5, 5.41) is 10.1. The number of hydrogen-bond acceptors (Lipinski definition) is 2. The molecule has 7 heteroatoms. The molecule has 0 unspecified atom stereocenters. The van der Waals surface area contributed by atoms with Crippen molar-refractivity contribution in [1.82, 2.24) is 4.98 Å². The molecular formula is C13H7Cl4NO2. The molecule has 1 aromatic carbocycles. The van der Waals surface area contributed by atoms with Crippen molar-refractivity contribution in [3.8, 4) is 11.3 Å². The van der Waals surface area contributed by atoms with Crippen molar-refractivity contribution in [2.24, 2.45) is 0 Å². The minimum Gasteiger partial charge on any atom is -0.481 e. The van der Waals surface area contributed by atoms with Crippen molar-refractivity contribution in [2.45, 2.75) is 6.42 Å². The highest BCUT2D eigenvalue weighted by molar-refractivity contribution is 6.45. The third-order valence-electron chi connectivity index (χ3n) is 2.51. The van der Waals surface area contributed by atoms with Crippen LogP contribution in [-0.2, 0) is 11.2 Å². The van der Waals surface area contributed by atoms with Crippen LogP contribution in [0.5, 0.6) is 0 Å². The number of carboxylic acids is 1. The highest BCUT2D eigenvalue weighted by atomic mass is 35.5. The van der Waals surface area contributed by atoms with Gasteiger partial charge in [-0.2, -0.15) is 0 Å². The highest BCUT2D eigenvalue weighted by Gasteiger charge is 2.14. The lowest BCUT2D eigenvalue weighted by atomic mass is 10.1. The van der Waals surface area contributed by atoms with Gasteiger partial charge in [0.05, 0.1) is 32.9 Å². The lowest BCUT2D eigenvalue weighted by Gasteiger charge is -2.09. The molecule has 2 aromatic rings. The molecule has 1 N–H and O–H groups in total. The van der Waals surface area contributed by atoms with Gasteiger partial charge in [-0.25, -0.2) is 0 Å².